The molecule has 6 rings (SSSR count). The molecule has 1 aliphatic heterocycles. The third-order valence-electron chi connectivity index (χ3n) is 7.25. The van der Waals surface area contributed by atoms with Crippen LogP contribution < -0.4 is 10.5 Å². The Balaban J connectivity index is 1.38. The standard InChI is InChI=1S/C29H27F2N7O/c1-19-6-9-21-17-23(29(39)32-25(21)16-19)27(28-33-34-35-38(28)18-20-7-10-22(30)11-8-20)37-14-12-36(13-15-37)26-5-3-2-4-24(26)31/h2-11,16-17,27H,12-15,18H2,1H3,(H,32,39). The number of aromatic amines is 1. The number of H-pyrrole nitrogens is 1. The quantitative estimate of drug-likeness (QED) is 0.359. The predicted molar refractivity (Wildman–Crippen MR) is 145 cm³/mol. The van der Waals surface area contributed by atoms with Gasteiger partial charge in [0.1, 0.15) is 17.7 Å². The van der Waals surface area contributed by atoms with Gasteiger partial charge in [-0.25, -0.2) is 13.5 Å². The third kappa shape index (κ3) is 5.03. The van der Waals surface area contributed by atoms with Crippen LogP contribution in [0.3, 0.4) is 0 Å². The van der Waals surface area contributed by atoms with E-state index in [-0.39, 0.29) is 17.2 Å². The SMILES string of the molecule is Cc1ccc2cc(C(c3nnnn3Cc3ccc(F)cc3)N3CCN(c4ccccc4F)CC3)c(=O)[nH]c2c1. The van der Waals surface area contributed by atoms with Crippen molar-refractivity contribution in [3.63, 3.8) is 0 Å². The van der Waals surface area contributed by atoms with Crippen LogP contribution in [0.5, 0.6) is 0 Å². The zero-order valence-electron chi connectivity index (χ0n) is 21.4. The normalized spacial score (nSPS) is 15.1. The summed E-state index contributed by atoms with van der Waals surface area (Å²) in [5.41, 5.74) is 3.52. The van der Waals surface area contributed by atoms with Gasteiger partial charge in [0, 0.05) is 37.3 Å². The van der Waals surface area contributed by atoms with E-state index < -0.39 is 6.04 Å². The lowest BCUT2D eigenvalue weighted by Gasteiger charge is -2.39. The highest BCUT2D eigenvalue weighted by Gasteiger charge is 2.33. The van der Waals surface area contributed by atoms with Crippen LogP contribution >= 0.6 is 0 Å². The average molecular weight is 528 g/mol. The minimum absolute atomic E-state index is 0.217. The topological polar surface area (TPSA) is 82.9 Å². The molecule has 2 aromatic heterocycles. The Morgan fingerprint density at radius 2 is 1.72 bits per heavy atom. The minimum Gasteiger partial charge on any atom is -0.367 e. The lowest BCUT2D eigenvalue weighted by atomic mass is 10.0. The maximum Gasteiger partial charge on any atom is 0.253 e. The van der Waals surface area contributed by atoms with Crippen molar-refractivity contribution in [2.75, 3.05) is 31.1 Å². The molecule has 8 nitrogen and oxygen atoms in total. The number of aromatic nitrogens is 5. The van der Waals surface area contributed by atoms with E-state index in [9.17, 15) is 13.6 Å². The Hall–Kier alpha value is -4.44. The van der Waals surface area contributed by atoms with E-state index in [1.54, 1.807) is 28.9 Å². The van der Waals surface area contributed by atoms with E-state index in [1.165, 1.54) is 18.2 Å². The average Bonchev–Trinajstić information content (AvgIpc) is 3.39. The second kappa shape index (κ2) is 10.4. The van der Waals surface area contributed by atoms with Crippen molar-refractivity contribution in [3.8, 4) is 0 Å². The number of aryl methyl sites for hydroxylation is 1. The van der Waals surface area contributed by atoms with Crippen LogP contribution in [-0.4, -0.2) is 56.3 Å². The van der Waals surface area contributed by atoms with E-state index >= 15 is 0 Å². The fourth-order valence-corrected chi connectivity index (χ4v) is 5.25. The fraction of sp³-hybridized carbons (Fsp3) is 0.241. The fourth-order valence-electron chi connectivity index (χ4n) is 5.25. The van der Waals surface area contributed by atoms with Gasteiger partial charge in [0.2, 0.25) is 0 Å². The number of nitrogens with one attached hydrogen (secondary N) is 1. The molecule has 39 heavy (non-hydrogen) atoms. The molecule has 198 valence electrons. The van der Waals surface area contributed by atoms with Gasteiger partial charge in [-0.05, 0) is 70.3 Å². The lowest BCUT2D eigenvalue weighted by Crippen LogP contribution is -2.49. The molecule has 1 fully saturated rings. The number of hydrogen-bond donors (Lipinski definition) is 1. The van der Waals surface area contributed by atoms with Crippen LogP contribution in [0.25, 0.3) is 10.9 Å². The van der Waals surface area contributed by atoms with Gasteiger partial charge in [0.15, 0.2) is 5.82 Å². The number of piperazine rings is 1. The molecule has 1 saturated heterocycles. The van der Waals surface area contributed by atoms with Gasteiger partial charge >= 0.3 is 0 Å². The highest BCUT2D eigenvalue weighted by molar-refractivity contribution is 5.79. The Bertz CT molecular complexity index is 1670. The summed E-state index contributed by atoms with van der Waals surface area (Å²) in [6, 6.07) is 20.2. The first-order chi connectivity index (χ1) is 19.0. The second-order valence-electron chi connectivity index (χ2n) is 9.84. The molecule has 10 heteroatoms. The third-order valence-corrected chi connectivity index (χ3v) is 7.25. The molecule has 1 unspecified atom stereocenters. The zero-order valence-corrected chi connectivity index (χ0v) is 21.4. The number of para-hydroxylation sites is 1. The number of tetrazole rings is 1. The van der Waals surface area contributed by atoms with Gasteiger partial charge in [-0.15, -0.1) is 5.10 Å². The number of halogens is 2. The Kier molecular flexibility index (Phi) is 6.62. The summed E-state index contributed by atoms with van der Waals surface area (Å²) in [7, 11) is 0. The van der Waals surface area contributed by atoms with Crippen molar-refractivity contribution in [1.29, 1.82) is 0 Å². The van der Waals surface area contributed by atoms with E-state index in [0.29, 0.717) is 49.8 Å². The number of nitrogens with zero attached hydrogens (tertiary/aromatic N) is 6. The summed E-state index contributed by atoms with van der Waals surface area (Å²) in [6.45, 7) is 4.57. The van der Waals surface area contributed by atoms with Gasteiger partial charge in [-0.3, -0.25) is 9.69 Å². The van der Waals surface area contributed by atoms with Crippen molar-refractivity contribution < 1.29 is 8.78 Å². The number of fused-ring (bicyclic) bond motifs is 1. The van der Waals surface area contributed by atoms with Gasteiger partial charge in [-0.2, -0.15) is 0 Å². The largest absolute Gasteiger partial charge is 0.367 e. The maximum atomic E-state index is 14.5. The number of anilines is 1. The summed E-state index contributed by atoms with van der Waals surface area (Å²) < 4.78 is 29.6. The first-order valence-electron chi connectivity index (χ1n) is 12.8. The predicted octanol–water partition coefficient (Wildman–Crippen LogP) is 4.06. The maximum absolute atomic E-state index is 14.5. The van der Waals surface area contributed by atoms with Crippen molar-refractivity contribution >= 4 is 16.6 Å². The lowest BCUT2D eigenvalue weighted by molar-refractivity contribution is 0.200. The molecule has 0 amide bonds. The van der Waals surface area contributed by atoms with Crippen molar-refractivity contribution in [3.05, 3.63) is 117 Å². The van der Waals surface area contributed by atoms with Crippen molar-refractivity contribution in [1.82, 2.24) is 30.1 Å². The molecule has 0 spiro atoms. The van der Waals surface area contributed by atoms with E-state index in [0.717, 1.165) is 22.0 Å². The highest BCUT2D eigenvalue weighted by Crippen LogP contribution is 2.30. The highest BCUT2D eigenvalue weighted by atomic mass is 19.1. The summed E-state index contributed by atoms with van der Waals surface area (Å²) in [6.07, 6.45) is 0. The first kappa shape index (κ1) is 24.9. The van der Waals surface area contributed by atoms with Crippen LogP contribution in [-0.2, 0) is 6.54 Å². The molecule has 1 N–H and O–H groups in total. The summed E-state index contributed by atoms with van der Waals surface area (Å²) in [5.74, 6) is -0.0677. The molecule has 5 aromatic rings. The second-order valence-corrected chi connectivity index (χ2v) is 9.84. The van der Waals surface area contributed by atoms with Gasteiger partial charge < -0.3 is 9.88 Å². The van der Waals surface area contributed by atoms with Crippen LogP contribution in [0.2, 0.25) is 0 Å². The number of rotatable bonds is 6. The molecule has 3 aromatic carbocycles. The molecule has 1 atom stereocenters. The first-order valence-corrected chi connectivity index (χ1v) is 12.8. The Labute approximate surface area is 223 Å². The smallest absolute Gasteiger partial charge is 0.253 e. The number of pyridine rings is 1. The molecule has 0 radical (unpaired) electrons. The van der Waals surface area contributed by atoms with Gasteiger partial charge in [0.25, 0.3) is 5.56 Å². The van der Waals surface area contributed by atoms with Crippen molar-refractivity contribution in [2.45, 2.75) is 19.5 Å². The molecule has 0 bridgehead atoms. The molecular formula is C29H27F2N7O. The number of benzene rings is 3. The van der Waals surface area contributed by atoms with E-state index in [2.05, 4.69) is 25.4 Å². The molecular weight excluding hydrogens is 500 g/mol. The monoisotopic (exact) mass is 527 g/mol. The van der Waals surface area contributed by atoms with E-state index in [4.69, 9.17) is 0 Å². The van der Waals surface area contributed by atoms with Gasteiger partial charge in [0.05, 0.1) is 12.2 Å². The van der Waals surface area contributed by atoms with Crippen LogP contribution in [0, 0.1) is 18.6 Å². The number of hydrogen-bond acceptors (Lipinski definition) is 6. The zero-order chi connectivity index (χ0) is 26.9. The molecule has 0 saturated carbocycles. The van der Waals surface area contributed by atoms with Gasteiger partial charge in [-0.1, -0.05) is 36.4 Å². The Morgan fingerprint density at radius 3 is 2.49 bits per heavy atom. The Morgan fingerprint density at radius 1 is 0.949 bits per heavy atom. The summed E-state index contributed by atoms with van der Waals surface area (Å²) in [5, 5.41) is 13.4. The molecule has 0 aliphatic carbocycles. The summed E-state index contributed by atoms with van der Waals surface area (Å²) >= 11 is 0. The minimum atomic E-state index is -0.544. The van der Waals surface area contributed by atoms with Crippen LogP contribution in [0.4, 0.5) is 14.5 Å². The van der Waals surface area contributed by atoms with E-state index in [1.807, 2.05) is 42.2 Å². The molecule has 3 heterocycles. The summed E-state index contributed by atoms with van der Waals surface area (Å²) in [4.78, 5) is 20.7. The van der Waals surface area contributed by atoms with Crippen molar-refractivity contribution in [2.24, 2.45) is 0 Å². The van der Waals surface area contributed by atoms with Crippen LogP contribution in [0.15, 0.2) is 77.6 Å². The molecule has 1 aliphatic rings. The van der Waals surface area contributed by atoms with Crippen LogP contribution in [0.1, 0.15) is 28.6 Å².